The highest BCUT2D eigenvalue weighted by Crippen LogP contribution is 2.11. The van der Waals surface area contributed by atoms with E-state index in [9.17, 15) is 4.79 Å². The molecule has 0 aromatic carbocycles. The first-order valence-electron chi connectivity index (χ1n) is 4.97. The highest BCUT2D eigenvalue weighted by molar-refractivity contribution is 5.96. The number of rotatable bonds is 4. The number of nitrogens with zero attached hydrogens (tertiary/aromatic N) is 3. The van der Waals surface area contributed by atoms with Crippen molar-refractivity contribution >= 4 is 11.7 Å². The number of carbonyl (C=O) groups excluding carboxylic acids is 1. The zero-order valence-corrected chi connectivity index (χ0v) is 9.23. The first-order valence-corrected chi connectivity index (χ1v) is 4.97. The number of hydrogen-bond donors (Lipinski definition) is 1. The molecule has 1 aromatic rings. The molecule has 0 aliphatic rings. The Morgan fingerprint density at radius 3 is 2.60 bits per heavy atom. The third kappa shape index (κ3) is 2.45. The Morgan fingerprint density at radius 1 is 1.53 bits per heavy atom. The zero-order chi connectivity index (χ0) is 11.4. The van der Waals surface area contributed by atoms with Crippen LogP contribution in [0.15, 0.2) is 4.63 Å². The molecule has 1 heterocycles. The second-order valence-electron chi connectivity index (χ2n) is 3.59. The van der Waals surface area contributed by atoms with E-state index in [2.05, 4.69) is 14.9 Å². The van der Waals surface area contributed by atoms with E-state index in [1.807, 2.05) is 20.8 Å². The van der Waals surface area contributed by atoms with Gasteiger partial charge in [0.05, 0.1) is 0 Å². The molecule has 0 fully saturated rings. The van der Waals surface area contributed by atoms with Gasteiger partial charge in [-0.15, -0.1) is 0 Å². The highest BCUT2D eigenvalue weighted by atomic mass is 16.6. The molecule has 0 unspecified atom stereocenters. The molecule has 0 bridgehead atoms. The first kappa shape index (κ1) is 11.5. The standard InChI is InChI=1S/C9H16N4O2/c1-4-5-13(6(2)3)9(14)7-8(10)12-15-11-7/h6H,4-5H2,1-3H3,(H2,10,12). The van der Waals surface area contributed by atoms with Crippen molar-refractivity contribution in [3.63, 3.8) is 0 Å². The molecule has 0 radical (unpaired) electrons. The van der Waals surface area contributed by atoms with Crippen molar-refractivity contribution in [3.8, 4) is 0 Å². The van der Waals surface area contributed by atoms with Gasteiger partial charge in [0.1, 0.15) is 0 Å². The van der Waals surface area contributed by atoms with Gasteiger partial charge in [-0.25, -0.2) is 4.63 Å². The summed E-state index contributed by atoms with van der Waals surface area (Å²) in [6.07, 6.45) is 0.884. The molecule has 1 aromatic heterocycles. The van der Waals surface area contributed by atoms with Crippen molar-refractivity contribution in [1.82, 2.24) is 15.2 Å². The molecule has 84 valence electrons. The van der Waals surface area contributed by atoms with Gasteiger partial charge < -0.3 is 10.6 Å². The van der Waals surface area contributed by atoms with E-state index < -0.39 is 0 Å². The van der Waals surface area contributed by atoms with Gasteiger partial charge in [-0.3, -0.25) is 4.79 Å². The second kappa shape index (κ2) is 4.77. The molecule has 0 saturated carbocycles. The van der Waals surface area contributed by atoms with E-state index in [0.717, 1.165) is 6.42 Å². The zero-order valence-electron chi connectivity index (χ0n) is 9.23. The molecular formula is C9H16N4O2. The minimum atomic E-state index is -0.231. The van der Waals surface area contributed by atoms with Gasteiger partial charge in [0.25, 0.3) is 5.91 Å². The van der Waals surface area contributed by atoms with Gasteiger partial charge in [0, 0.05) is 12.6 Å². The fourth-order valence-electron chi connectivity index (χ4n) is 1.32. The van der Waals surface area contributed by atoms with Crippen LogP contribution in [-0.4, -0.2) is 33.7 Å². The van der Waals surface area contributed by atoms with Gasteiger partial charge in [0.15, 0.2) is 0 Å². The van der Waals surface area contributed by atoms with Gasteiger partial charge in [-0.05, 0) is 30.6 Å². The molecule has 15 heavy (non-hydrogen) atoms. The van der Waals surface area contributed by atoms with Crippen molar-refractivity contribution in [3.05, 3.63) is 5.69 Å². The first-order chi connectivity index (χ1) is 7.07. The van der Waals surface area contributed by atoms with Crippen LogP contribution in [0.1, 0.15) is 37.7 Å². The molecule has 1 amide bonds. The summed E-state index contributed by atoms with van der Waals surface area (Å²) in [5.41, 5.74) is 5.56. The molecule has 0 aliphatic heterocycles. The number of anilines is 1. The van der Waals surface area contributed by atoms with Gasteiger partial charge in [-0.2, -0.15) is 0 Å². The second-order valence-corrected chi connectivity index (χ2v) is 3.59. The number of carbonyl (C=O) groups is 1. The van der Waals surface area contributed by atoms with Gasteiger partial charge >= 0.3 is 0 Å². The number of amides is 1. The Labute approximate surface area is 88.4 Å². The maximum atomic E-state index is 11.9. The summed E-state index contributed by atoms with van der Waals surface area (Å²) in [6, 6.07) is 0.105. The number of nitrogens with two attached hydrogens (primary N) is 1. The molecular weight excluding hydrogens is 196 g/mol. The van der Waals surface area contributed by atoms with Crippen LogP contribution in [0.25, 0.3) is 0 Å². The van der Waals surface area contributed by atoms with Crippen LogP contribution >= 0.6 is 0 Å². The van der Waals surface area contributed by atoms with Gasteiger partial charge in [0.2, 0.25) is 11.5 Å². The Bertz CT molecular complexity index is 335. The maximum Gasteiger partial charge on any atom is 0.280 e. The average Bonchev–Trinajstić information content (AvgIpc) is 2.59. The predicted octanol–water partition coefficient (Wildman–Crippen LogP) is 0.912. The molecule has 2 N–H and O–H groups in total. The molecule has 6 heteroatoms. The number of nitrogen functional groups attached to an aromatic ring is 1. The van der Waals surface area contributed by atoms with Crippen molar-refractivity contribution < 1.29 is 9.42 Å². The average molecular weight is 212 g/mol. The highest BCUT2D eigenvalue weighted by Gasteiger charge is 2.23. The fourth-order valence-corrected chi connectivity index (χ4v) is 1.32. The normalized spacial score (nSPS) is 10.7. The summed E-state index contributed by atoms with van der Waals surface area (Å²) in [5.74, 6) is -0.188. The third-order valence-corrected chi connectivity index (χ3v) is 2.07. The lowest BCUT2D eigenvalue weighted by molar-refractivity contribution is 0.0695. The fraction of sp³-hybridized carbons (Fsp3) is 0.667. The van der Waals surface area contributed by atoms with Crippen molar-refractivity contribution in [2.75, 3.05) is 12.3 Å². The lowest BCUT2D eigenvalue weighted by Crippen LogP contribution is -2.38. The Hall–Kier alpha value is -1.59. The van der Waals surface area contributed by atoms with Crippen LogP contribution in [0.3, 0.4) is 0 Å². The molecule has 1 rings (SSSR count). The van der Waals surface area contributed by atoms with Crippen LogP contribution in [0.4, 0.5) is 5.82 Å². The van der Waals surface area contributed by atoms with Crippen LogP contribution < -0.4 is 5.73 Å². The van der Waals surface area contributed by atoms with Crippen LogP contribution in [-0.2, 0) is 0 Å². The van der Waals surface area contributed by atoms with E-state index >= 15 is 0 Å². The quantitative estimate of drug-likeness (QED) is 0.801. The van der Waals surface area contributed by atoms with E-state index in [-0.39, 0.29) is 23.5 Å². The van der Waals surface area contributed by atoms with Gasteiger partial charge in [-0.1, -0.05) is 6.92 Å². The minimum absolute atomic E-state index is 0.0433. The molecule has 6 nitrogen and oxygen atoms in total. The van der Waals surface area contributed by atoms with Crippen molar-refractivity contribution in [2.24, 2.45) is 0 Å². The van der Waals surface area contributed by atoms with E-state index in [0.29, 0.717) is 6.54 Å². The molecule has 0 saturated heterocycles. The SMILES string of the molecule is CCCN(C(=O)c1nonc1N)C(C)C. The lowest BCUT2D eigenvalue weighted by Gasteiger charge is -2.25. The third-order valence-electron chi connectivity index (χ3n) is 2.07. The topological polar surface area (TPSA) is 85.2 Å². The molecule has 0 atom stereocenters. The summed E-state index contributed by atoms with van der Waals surface area (Å²) in [7, 11) is 0. The maximum absolute atomic E-state index is 11.9. The summed E-state index contributed by atoms with van der Waals surface area (Å²) in [5, 5.41) is 6.88. The van der Waals surface area contributed by atoms with Crippen molar-refractivity contribution in [1.29, 1.82) is 0 Å². The van der Waals surface area contributed by atoms with Crippen LogP contribution in [0.5, 0.6) is 0 Å². The van der Waals surface area contributed by atoms with Crippen molar-refractivity contribution in [2.45, 2.75) is 33.2 Å². The summed E-state index contributed by atoms with van der Waals surface area (Å²) in [4.78, 5) is 13.6. The number of aromatic nitrogens is 2. The van der Waals surface area contributed by atoms with Crippen LogP contribution in [0.2, 0.25) is 0 Å². The molecule has 0 spiro atoms. The predicted molar refractivity (Wildman–Crippen MR) is 55.2 cm³/mol. The van der Waals surface area contributed by atoms with E-state index in [1.165, 1.54) is 0 Å². The van der Waals surface area contributed by atoms with E-state index in [4.69, 9.17) is 5.73 Å². The Balaban J connectivity index is 2.86. The smallest absolute Gasteiger partial charge is 0.280 e. The lowest BCUT2D eigenvalue weighted by atomic mass is 10.2. The summed E-state index contributed by atoms with van der Waals surface area (Å²) >= 11 is 0. The number of hydrogen-bond acceptors (Lipinski definition) is 5. The van der Waals surface area contributed by atoms with E-state index in [1.54, 1.807) is 4.90 Å². The summed E-state index contributed by atoms with van der Waals surface area (Å²) < 4.78 is 4.40. The summed E-state index contributed by atoms with van der Waals surface area (Å²) in [6.45, 7) is 6.56. The largest absolute Gasteiger partial charge is 0.379 e. The monoisotopic (exact) mass is 212 g/mol. The van der Waals surface area contributed by atoms with Crippen LogP contribution in [0, 0.1) is 0 Å². The minimum Gasteiger partial charge on any atom is -0.379 e. The Kier molecular flexibility index (Phi) is 3.65. The molecule has 0 aliphatic carbocycles. The Morgan fingerprint density at radius 2 is 2.20 bits per heavy atom.